The fourth-order valence-corrected chi connectivity index (χ4v) is 3.11. The van der Waals surface area contributed by atoms with E-state index in [2.05, 4.69) is 22.8 Å². The van der Waals surface area contributed by atoms with E-state index in [9.17, 15) is 9.59 Å². The molecule has 0 aliphatic heterocycles. The maximum Gasteiger partial charge on any atom is 0.244 e. The fraction of sp³-hybridized carbons (Fsp3) is 0.238. The van der Waals surface area contributed by atoms with Crippen LogP contribution in [0.1, 0.15) is 35.6 Å². The number of fused-ring (bicyclic) bond motifs is 1. The Morgan fingerprint density at radius 3 is 2.64 bits per heavy atom. The Kier molecular flexibility index (Phi) is 5.62. The zero-order valence-corrected chi connectivity index (χ0v) is 14.1. The van der Waals surface area contributed by atoms with Crippen LogP contribution in [0, 0.1) is 0 Å². The van der Waals surface area contributed by atoms with Crippen molar-refractivity contribution in [2.24, 2.45) is 0 Å². The largest absolute Gasteiger partial charge is 0.348 e. The summed E-state index contributed by atoms with van der Waals surface area (Å²) >= 11 is 0. The van der Waals surface area contributed by atoms with E-state index in [1.807, 2.05) is 42.5 Å². The van der Waals surface area contributed by atoms with Crippen molar-refractivity contribution in [2.45, 2.75) is 25.3 Å². The predicted octanol–water partition coefficient (Wildman–Crippen LogP) is 3.01. The number of hydrogen-bond donors (Lipinski definition) is 2. The quantitative estimate of drug-likeness (QED) is 0.826. The van der Waals surface area contributed by atoms with Crippen LogP contribution in [0.2, 0.25) is 0 Å². The molecule has 4 heteroatoms. The fourth-order valence-electron chi connectivity index (χ4n) is 3.11. The van der Waals surface area contributed by atoms with Crippen LogP contribution < -0.4 is 10.6 Å². The highest BCUT2D eigenvalue weighted by Crippen LogP contribution is 2.29. The third-order valence-electron chi connectivity index (χ3n) is 4.35. The molecule has 1 atom stereocenters. The summed E-state index contributed by atoms with van der Waals surface area (Å²) in [5, 5.41) is 5.65. The van der Waals surface area contributed by atoms with Crippen molar-refractivity contribution in [1.82, 2.24) is 10.6 Å². The molecule has 0 bridgehead atoms. The number of benzene rings is 2. The lowest BCUT2D eigenvalue weighted by atomic mass is 9.88. The van der Waals surface area contributed by atoms with Crippen molar-refractivity contribution in [3.63, 3.8) is 0 Å². The Morgan fingerprint density at radius 1 is 1.04 bits per heavy atom. The summed E-state index contributed by atoms with van der Waals surface area (Å²) in [5.74, 6) is -0.439. The highest BCUT2D eigenvalue weighted by molar-refractivity contribution is 5.94. The van der Waals surface area contributed by atoms with Crippen molar-refractivity contribution in [1.29, 1.82) is 0 Å². The molecule has 0 radical (unpaired) electrons. The molecule has 0 saturated carbocycles. The molecule has 2 N–H and O–H groups in total. The number of nitrogens with one attached hydrogen (secondary N) is 2. The van der Waals surface area contributed by atoms with E-state index in [0.717, 1.165) is 24.8 Å². The number of carbonyl (C=O) groups excluding carboxylic acids is 2. The van der Waals surface area contributed by atoms with Gasteiger partial charge in [-0.3, -0.25) is 9.59 Å². The lowest BCUT2D eigenvalue weighted by Gasteiger charge is -2.26. The van der Waals surface area contributed by atoms with Crippen LogP contribution in [-0.2, 0) is 16.0 Å². The summed E-state index contributed by atoms with van der Waals surface area (Å²) in [5.41, 5.74) is 3.44. The molecule has 4 nitrogen and oxygen atoms in total. The van der Waals surface area contributed by atoms with Gasteiger partial charge in [0.2, 0.25) is 11.8 Å². The van der Waals surface area contributed by atoms with E-state index < -0.39 is 0 Å². The van der Waals surface area contributed by atoms with Gasteiger partial charge < -0.3 is 10.6 Å². The number of amides is 2. The Morgan fingerprint density at radius 2 is 1.80 bits per heavy atom. The molecule has 0 aromatic heterocycles. The molecular formula is C21H22N2O2. The van der Waals surface area contributed by atoms with Gasteiger partial charge in [0.15, 0.2) is 0 Å². The third kappa shape index (κ3) is 4.80. The van der Waals surface area contributed by atoms with E-state index in [4.69, 9.17) is 0 Å². The van der Waals surface area contributed by atoms with Crippen molar-refractivity contribution in [2.75, 3.05) is 6.54 Å². The van der Waals surface area contributed by atoms with E-state index in [1.54, 1.807) is 6.08 Å². The standard InChI is InChI=1S/C21H22N2O2/c24-20(14-13-16-7-2-1-3-8-16)22-15-21(25)23-19-12-6-10-17-9-4-5-11-18(17)19/h1-5,7-9,11,13-14,19H,6,10,12,15H2,(H,22,24)(H,23,25)/b14-13+/t19-/m0/s1. The maximum absolute atomic E-state index is 12.1. The summed E-state index contributed by atoms with van der Waals surface area (Å²) in [7, 11) is 0. The highest BCUT2D eigenvalue weighted by atomic mass is 16.2. The molecule has 2 amide bonds. The lowest BCUT2D eigenvalue weighted by molar-refractivity contribution is -0.124. The number of hydrogen-bond acceptors (Lipinski definition) is 2. The molecule has 25 heavy (non-hydrogen) atoms. The molecule has 0 fully saturated rings. The summed E-state index contributed by atoms with van der Waals surface area (Å²) in [6, 6.07) is 17.8. The second-order valence-electron chi connectivity index (χ2n) is 6.17. The molecular weight excluding hydrogens is 312 g/mol. The van der Waals surface area contributed by atoms with Crippen LogP contribution >= 0.6 is 0 Å². The van der Waals surface area contributed by atoms with Crippen LogP contribution in [0.5, 0.6) is 0 Å². The zero-order valence-electron chi connectivity index (χ0n) is 14.1. The lowest BCUT2D eigenvalue weighted by Crippen LogP contribution is -2.39. The monoisotopic (exact) mass is 334 g/mol. The van der Waals surface area contributed by atoms with E-state index in [1.165, 1.54) is 17.2 Å². The first-order valence-electron chi connectivity index (χ1n) is 8.60. The second kappa shape index (κ2) is 8.29. The van der Waals surface area contributed by atoms with Crippen LogP contribution in [0.15, 0.2) is 60.7 Å². The normalized spacial score (nSPS) is 16.2. The molecule has 1 aliphatic rings. The first kappa shape index (κ1) is 17.0. The Hall–Kier alpha value is -2.88. The van der Waals surface area contributed by atoms with E-state index in [0.29, 0.717) is 0 Å². The van der Waals surface area contributed by atoms with Crippen molar-refractivity contribution in [3.05, 3.63) is 77.4 Å². The smallest absolute Gasteiger partial charge is 0.244 e. The highest BCUT2D eigenvalue weighted by Gasteiger charge is 2.21. The van der Waals surface area contributed by atoms with Crippen LogP contribution in [0.3, 0.4) is 0 Å². The van der Waals surface area contributed by atoms with Gasteiger partial charge in [-0.2, -0.15) is 0 Å². The Balaban J connectivity index is 1.49. The number of rotatable bonds is 5. The average Bonchev–Trinajstić information content (AvgIpc) is 2.66. The number of aryl methyl sites for hydroxylation is 1. The molecule has 0 heterocycles. The summed E-state index contributed by atoms with van der Waals surface area (Å²) < 4.78 is 0. The molecule has 0 spiro atoms. The molecule has 3 rings (SSSR count). The molecule has 2 aromatic carbocycles. The summed E-state index contributed by atoms with van der Waals surface area (Å²) in [4.78, 5) is 24.0. The molecule has 0 saturated heterocycles. The minimum absolute atomic E-state index is 0.0172. The van der Waals surface area contributed by atoms with Crippen LogP contribution in [0.25, 0.3) is 6.08 Å². The minimum Gasteiger partial charge on any atom is -0.348 e. The second-order valence-corrected chi connectivity index (χ2v) is 6.17. The first-order chi connectivity index (χ1) is 12.2. The summed E-state index contributed by atoms with van der Waals surface area (Å²) in [6.07, 6.45) is 6.23. The SMILES string of the molecule is O=C(/C=C/c1ccccc1)NCC(=O)N[C@H]1CCCc2ccccc21. The maximum atomic E-state index is 12.1. The summed E-state index contributed by atoms with van der Waals surface area (Å²) in [6.45, 7) is -0.0172. The third-order valence-corrected chi connectivity index (χ3v) is 4.35. The molecule has 128 valence electrons. The van der Waals surface area contributed by atoms with Crippen LogP contribution in [0.4, 0.5) is 0 Å². The Labute approximate surface area is 148 Å². The van der Waals surface area contributed by atoms with E-state index >= 15 is 0 Å². The van der Waals surface area contributed by atoms with Crippen molar-refractivity contribution in [3.8, 4) is 0 Å². The van der Waals surface area contributed by atoms with Gasteiger partial charge in [0.1, 0.15) is 0 Å². The predicted molar refractivity (Wildman–Crippen MR) is 98.7 cm³/mol. The molecule has 2 aromatic rings. The van der Waals surface area contributed by atoms with Gasteiger partial charge in [-0.25, -0.2) is 0 Å². The van der Waals surface area contributed by atoms with Gasteiger partial charge in [0.05, 0.1) is 12.6 Å². The van der Waals surface area contributed by atoms with Gasteiger partial charge in [0, 0.05) is 6.08 Å². The molecule has 1 aliphatic carbocycles. The average molecular weight is 334 g/mol. The topological polar surface area (TPSA) is 58.2 Å². The minimum atomic E-state index is -0.275. The number of carbonyl (C=O) groups is 2. The van der Waals surface area contributed by atoms with Gasteiger partial charge in [-0.1, -0.05) is 54.6 Å². The molecule has 0 unspecified atom stereocenters. The van der Waals surface area contributed by atoms with Gasteiger partial charge >= 0.3 is 0 Å². The first-order valence-corrected chi connectivity index (χ1v) is 8.60. The van der Waals surface area contributed by atoms with Gasteiger partial charge in [-0.15, -0.1) is 0 Å². The van der Waals surface area contributed by atoms with Crippen molar-refractivity contribution < 1.29 is 9.59 Å². The Bertz CT molecular complexity index is 768. The van der Waals surface area contributed by atoms with Crippen molar-refractivity contribution >= 4 is 17.9 Å². The van der Waals surface area contributed by atoms with Gasteiger partial charge in [0.25, 0.3) is 0 Å². The van der Waals surface area contributed by atoms with Gasteiger partial charge in [-0.05, 0) is 42.0 Å². The van der Waals surface area contributed by atoms with E-state index in [-0.39, 0.29) is 24.4 Å². The van der Waals surface area contributed by atoms with Crippen LogP contribution in [-0.4, -0.2) is 18.4 Å². The zero-order chi connectivity index (χ0) is 17.5.